The number of rotatable bonds is 2. The summed E-state index contributed by atoms with van der Waals surface area (Å²) in [6.45, 7) is 2.26. The van der Waals surface area contributed by atoms with Crippen molar-refractivity contribution in [2.24, 2.45) is 5.92 Å². The molecule has 1 aromatic rings. The van der Waals surface area contributed by atoms with E-state index in [1.807, 2.05) is 6.07 Å². The fraction of sp³-hybridized carbons (Fsp3) is 0.571. The largest absolute Gasteiger partial charge is 0.495 e. The van der Waals surface area contributed by atoms with Gasteiger partial charge in [0.15, 0.2) is 0 Å². The Labute approximate surface area is 107 Å². The lowest BCUT2D eigenvalue weighted by molar-refractivity contribution is 0.341. The predicted octanol–water partition coefficient (Wildman–Crippen LogP) is 4.78. The summed E-state index contributed by atoms with van der Waals surface area (Å²) >= 11 is 5.95. The Kier molecular flexibility index (Phi) is 3.93. The summed E-state index contributed by atoms with van der Waals surface area (Å²) in [6, 6.07) is 3.58. The van der Waals surface area contributed by atoms with Crippen LogP contribution in [-0.4, -0.2) is 7.11 Å². The maximum atomic E-state index is 14.1. The van der Waals surface area contributed by atoms with Gasteiger partial charge in [0.25, 0.3) is 0 Å². The van der Waals surface area contributed by atoms with Crippen molar-refractivity contribution in [1.29, 1.82) is 0 Å². The van der Waals surface area contributed by atoms with Crippen molar-refractivity contribution in [2.75, 3.05) is 7.11 Å². The van der Waals surface area contributed by atoms with E-state index in [9.17, 15) is 4.39 Å². The van der Waals surface area contributed by atoms with E-state index in [0.29, 0.717) is 11.7 Å². The molecule has 1 aliphatic rings. The lowest BCUT2D eigenvalue weighted by Crippen LogP contribution is -2.12. The molecule has 0 atom stereocenters. The van der Waals surface area contributed by atoms with E-state index >= 15 is 0 Å². The molecule has 1 saturated carbocycles. The SMILES string of the molecule is COc1ccc(C2CCC(C)CC2)c(F)c1Cl. The fourth-order valence-electron chi connectivity index (χ4n) is 2.59. The lowest BCUT2D eigenvalue weighted by Gasteiger charge is -2.27. The molecule has 3 heteroatoms. The second kappa shape index (κ2) is 5.26. The quantitative estimate of drug-likeness (QED) is 0.740. The van der Waals surface area contributed by atoms with E-state index in [-0.39, 0.29) is 10.8 Å². The van der Waals surface area contributed by atoms with E-state index in [4.69, 9.17) is 16.3 Å². The van der Waals surface area contributed by atoms with Crippen LogP contribution < -0.4 is 4.74 Å². The first-order chi connectivity index (χ1) is 8.13. The van der Waals surface area contributed by atoms with E-state index < -0.39 is 0 Å². The minimum Gasteiger partial charge on any atom is -0.495 e. The molecule has 1 fully saturated rings. The number of hydrogen-bond donors (Lipinski definition) is 0. The van der Waals surface area contributed by atoms with Crippen LogP contribution in [0.3, 0.4) is 0 Å². The maximum Gasteiger partial charge on any atom is 0.149 e. The topological polar surface area (TPSA) is 9.23 Å². The molecular formula is C14H18ClFO. The predicted molar refractivity (Wildman–Crippen MR) is 68.3 cm³/mol. The Morgan fingerprint density at radius 3 is 2.47 bits per heavy atom. The number of hydrogen-bond acceptors (Lipinski definition) is 1. The van der Waals surface area contributed by atoms with Gasteiger partial charge in [-0.2, -0.15) is 0 Å². The summed E-state index contributed by atoms with van der Waals surface area (Å²) in [7, 11) is 1.50. The molecule has 0 saturated heterocycles. The summed E-state index contributed by atoms with van der Waals surface area (Å²) in [5, 5.41) is 0.114. The van der Waals surface area contributed by atoms with Gasteiger partial charge in [-0.15, -0.1) is 0 Å². The highest BCUT2D eigenvalue weighted by Gasteiger charge is 2.24. The van der Waals surface area contributed by atoms with Crippen LogP contribution >= 0.6 is 11.6 Å². The maximum absolute atomic E-state index is 14.1. The number of ether oxygens (including phenoxy) is 1. The Hall–Kier alpha value is -0.760. The van der Waals surface area contributed by atoms with Crippen molar-refractivity contribution in [1.82, 2.24) is 0 Å². The van der Waals surface area contributed by atoms with Gasteiger partial charge in [0.1, 0.15) is 16.6 Å². The molecule has 94 valence electrons. The molecule has 1 aliphatic carbocycles. The second-order valence-electron chi connectivity index (χ2n) is 4.94. The van der Waals surface area contributed by atoms with Crippen LogP contribution in [-0.2, 0) is 0 Å². The first-order valence-corrected chi connectivity index (χ1v) is 6.53. The van der Waals surface area contributed by atoms with E-state index in [1.165, 1.54) is 20.0 Å². The average Bonchev–Trinajstić information content (AvgIpc) is 2.34. The van der Waals surface area contributed by atoms with Crippen LogP contribution in [0.1, 0.15) is 44.1 Å². The molecule has 0 aliphatic heterocycles. The third kappa shape index (κ3) is 2.57. The summed E-state index contributed by atoms with van der Waals surface area (Å²) < 4.78 is 19.1. The Balaban J connectivity index is 2.24. The van der Waals surface area contributed by atoms with Crippen LogP contribution in [0.5, 0.6) is 5.75 Å². The standard InChI is InChI=1S/C14H18ClFO/c1-9-3-5-10(6-4-9)11-7-8-12(17-2)13(15)14(11)16/h7-10H,3-6H2,1-2H3. The zero-order chi connectivity index (χ0) is 12.4. The van der Waals surface area contributed by atoms with Crippen LogP contribution in [0, 0.1) is 11.7 Å². The molecule has 0 spiro atoms. The van der Waals surface area contributed by atoms with Gasteiger partial charge in [-0.1, -0.05) is 37.4 Å². The van der Waals surface area contributed by atoms with Gasteiger partial charge in [-0.25, -0.2) is 4.39 Å². The summed E-state index contributed by atoms with van der Waals surface area (Å²) in [6.07, 6.45) is 4.46. The number of methoxy groups -OCH3 is 1. The minimum atomic E-state index is -0.300. The van der Waals surface area contributed by atoms with Crippen molar-refractivity contribution >= 4 is 11.6 Å². The molecule has 0 bridgehead atoms. The normalized spacial score (nSPS) is 24.7. The smallest absolute Gasteiger partial charge is 0.149 e. The van der Waals surface area contributed by atoms with E-state index in [0.717, 1.165) is 24.3 Å². The van der Waals surface area contributed by atoms with E-state index in [1.54, 1.807) is 6.07 Å². The average molecular weight is 257 g/mol. The van der Waals surface area contributed by atoms with Crippen molar-refractivity contribution in [3.8, 4) is 5.75 Å². The van der Waals surface area contributed by atoms with E-state index in [2.05, 4.69) is 6.92 Å². The zero-order valence-electron chi connectivity index (χ0n) is 10.3. The Bertz CT molecular complexity index is 397. The highest BCUT2D eigenvalue weighted by molar-refractivity contribution is 6.32. The van der Waals surface area contributed by atoms with Gasteiger partial charge >= 0.3 is 0 Å². The van der Waals surface area contributed by atoms with Crippen molar-refractivity contribution in [3.05, 3.63) is 28.5 Å². The molecule has 0 N–H and O–H groups in total. The molecular weight excluding hydrogens is 239 g/mol. The Morgan fingerprint density at radius 2 is 1.88 bits per heavy atom. The molecule has 2 rings (SSSR count). The third-order valence-electron chi connectivity index (χ3n) is 3.75. The van der Waals surface area contributed by atoms with Crippen LogP contribution in [0.2, 0.25) is 5.02 Å². The number of halogens is 2. The molecule has 17 heavy (non-hydrogen) atoms. The summed E-state index contributed by atoms with van der Waals surface area (Å²) in [5.74, 6) is 1.19. The first-order valence-electron chi connectivity index (χ1n) is 6.15. The van der Waals surface area contributed by atoms with Gasteiger partial charge in [-0.3, -0.25) is 0 Å². The molecule has 0 heterocycles. The van der Waals surface area contributed by atoms with Gasteiger partial charge in [0.2, 0.25) is 0 Å². The second-order valence-corrected chi connectivity index (χ2v) is 5.32. The number of benzene rings is 1. The zero-order valence-corrected chi connectivity index (χ0v) is 11.1. The first kappa shape index (κ1) is 12.7. The minimum absolute atomic E-state index is 0.114. The fourth-order valence-corrected chi connectivity index (χ4v) is 2.84. The lowest BCUT2D eigenvalue weighted by atomic mass is 9.79. The van der Waals surface area contributed by atoms with Crippen molar-refractivity contribution < 1.29 is 9.13 Å². The highest BCUT2D eigenvalue weighted by atomic mass is 35.5. The highest BCUT2D eigenvalue weighted by Crippen LogP contribution is 2.40. The van der Waals surface area contributed by atoms with Crippen molar-refractivity contribution in [2.45, 2.75) is 38.5 Å². The van der Waals surface area contributed by atoms with Crippen LogP contribution in [0.4, 0.5) is 4.39 Å². The van der Waals surface area contributed by atoms with Crippen LogP contribution in [0.15, 0.2) is 12.1 Å². The molecule has 0 unspecified atom stereocenters. The summed E-state index contributed by atoms with van der Waals surface area (Å²) in [4.78, 5) is 0. The van der Waals surface area contributed by atoms with Gasteiger partial charge in [0.05, 0.1) is 7.11 Å². The third-order valence-corrected chi connectivity index (χ3v) is 4.10. The molecule has 1 aromatic carbocycles. The molecule has 0 aromatic heterocycles. The van der Waals surface area contributed by atoms with Gasteiger partial charge < -0.3 is 4.74 Å². The van der Waals surface area contributed by atoms with Gasteiger partial charge in [-0.05, 0) is 36.3 Å². The van der Waals surface area contributed by atoms with Crippen molar-refractivity contribution in [3.63, 3.8) is 0 Å². The molecule has 0 radical (unpaired) electrons. The van der Waals surface area contributed by atoms with Crippen LogP contribution in [0.25, 0.3) is 0 Å². The molecule has 0 amide bonds. The van der Waals surface area contributed by atoms with Gasteiger partial charge in [0, 0.05) is 0 Å². The molecule has 1 nitrogen and oxygen atoms in total. The monoisotopic (exact) mass is 256 g/mol. The summed E-state index contributed by atoms with van der Waals surface area (Å²) in [5.41, 5.74) is 0.753. The Morgan fingerprint density at radius 1 is 1.24 bits per heavy atom.